The van der Waals surface area contributed by atoms with Gasteiger partial charge < -0.3 is 20.2 Å². The minimum atomic E-state index is -0.480. The summed E-state index contributed by atoms with van der Waals surface area (Å²) in [7, 11) is 0. The SMILES string of the molecule is CCN1CCN(c2cc(NCCCO)c([N+](=O)[O-])c3nonc23)CC1. The van der Waals surface area contributed by atoms with Gasteiger partial charge in [0, 0.05) is 39.3 Å². The predicted octanol–water partition coefficient (Wildman–Crippen LogP) is 1.07. The number of nitrogens with zero attached hydrogens (tertiary/aromatic N) is 5. The summed E-state index contributed by atoms with van der Waals surface area (Å²) >= 11 is 0. The van der Waals surface area contributed by atoms with Crippen LogP contribution in [-0.2, 0) is 0 Å². The van der Waals surface area contributed by atoms with Gasteiger partial charge in [-0.1, -0.05) is 6.92 Å². The standard InChI is InChI=1S/C15H22N6O4/c1-2-19-5-7-20(8-6-19)12-10-11(16-4-3-9-22)15(21(23)24)14-13(12)17-25-18-14/h10,16,22H,2-9H2,1H3. The Morgan fingerprint density at radius 2 is 2.04 bits per heavy atom. The molecule has 0 spiro atoms. The molecule has 0 saturated carbocycles. The molecular weight excluding hydrogens is 328 g/mol. The van der Waals surface area contributed by atoms with Gasteiger partial charge in [0.05, 0.1) is 10.6 Å². The minimum Gasteiger partial charge on any atom is -0.396 e. The summed E-state index contributed by atoms with van der Waals surface area (Å²) in [6.07, 6.45) is 0.497. The maximum Gasteiger partial charge on any atom is 0.323 e. The highest BCUT2D eigenvalue weighted by Crippen LogP contribution is 2.38. The van der Waals surface area contributed by atoms with Crippen LogP contribution < -0.4 is 10.2 Å². The first-order valence-electron chi connectivity index (χ1n) is 8.41. The van der Waals surface area contributed by atoms with Crippen LogP contribution in [0.25, 0.3) is 11.0 Å². The van der Waals surface area contributed by atoms with E-state index >= 15 is 0 Å². The Morgan fingerprint density at radius 3 is 2.68 bits per heavy atom. The van der Waals surface area contributed by atoms with Crippen molar-refractivity contribution in [1.82, 2.24) is 15.2 Å². The first kappa shape index (κ1) is 17.4. The van der Waals surface area contributed by atoms with Crippen molar-refractivity contribution in [2.75, 3.05) is 56.1 Å². The summed E-state index contributed by atoms with van der Waals surface area (Å²) in [5.74, 6) is 0. The summed E-state index contributed by atoms with van der Waals surface area (Å²) in [6, 6.07) is 1.74. The van der Waals surface area contributed by atoms with Crippen LogP contribution in [-0.4, -0.2) is 71.1 Å². The van der Waals surface area contributed by atoms with E-state index in [1.807, 2.05) is 0 Å². The largest absolute Gasteiger partial charge is 0.396 e. The number of nitro benzene ring substituents is 1. The molecule has 1 fully saturated rings. The summed E-state index contributed by atoms with van der Waals surface area (Å²) in [4.78, 5) is 15.5. The number of hydrogen-bond acceptors (Lipinski definition) is 9. The quantitative estimate of drug-likeness (QED) is 0.429. The fraction of sp³-hybridized carbons (Fsp3) is 0.600. The van der Waals surface area contributed by atoms with Gasteiger partial charge in [0.25, 0.3) is 0 Å². The van der Waals surface area contributed by atoms with Gasteiger partial charge in [-0.05, 0) is 29.3 Å². The number of rotatable bonds is 7. The third-order valence-electron chi connectivity index (χ3n) is 4.48. The highest BCUT2D eigenvalue weighted by molar-refractivity contribution is 5.99. The maximum absolute atomic E-state index is 11.5. The number of nitrogens with one attached hydrogen (secondary N) is 1. The molecule has 0 atom stereocenters. The topological polar surface area (TPSA) is 121 Å². The highest BCUT2D eigenvalue weighted by atomic mass is 16.6. The van der Waals surface area contributed by atoms with Gasteiger partial charge in [-0.2, -0.15) is 0 Å². The molecule has 1 aromatic heterocycles. The van der Waals surface area contributed by atoms with Crippen molar-refractivity contribution in [2.45, 2.75) is 13.3 Å². The Balaban J connectivity index is 1.99. The van der Waals surface area contributed by atoms with Crippen molar-refractivity contribution in [3.8, 4) is 0 Å². The van der Waals surface area contributed by atoms with E-state index < -0.39 is 4.92 Å². The lowest BCUT2D eigenvalue weighted by molar-refractivity contribution is -0.382. The lowest BCUT2D eigenvalue weighted by atomic mass is 10.1. The fourth-order valence-corrected chi connectivity index (χ4v) is 3.08. The van der Waals surface area contributed by atoms with Crippen LogP contribution in [0.3, 0.4) is 0 Å². The Morgan fingerprint density at radius 1 is 1.32 bits per heavy atom. The average molecular weight is 350 g/mol. The Bertz CT molecular complexity index is 741. The third-order valence-corrected chi connectivity index (χ3v) is 4.48. The number of aliphatic hydroxyl groups is 1. The highest BCUT2D eigenvalue weighted by Gasteiger charge is 2.28. The molecule has 0 amide bonds. The third kappa shape index (κ3) is 3.49. The van der Waals surface area contributed by atoms with Crippen LogP contribution in [0.2, 0.25) is 0 Å². The smallest absolute Gasteiger partial charge is 0.323 e. The zero-order valence-corrected chi connectivity index (χ0v) is 14.1. The molecule has 0 unspecified atom stereocenters. The fourth-order valence-electron chi connectivity index (χ4n) is 3.08. The molecular formula is C15H22N6O4. The van der Waals surface area contributed by atoms with Gasteiger partial charge in [0.15, 0.2) is 5.52 Å². The lowest BCUT2D eigenvalue weighted by Crippen LogP contribution is -2.46. The van der Waals surface area contributed by atoms with E-state index in [9.17, 15) is 10.1 Å². The number of anilines is 2. The van der Waals surface area contributed by atoms with Crippen molar-refractivity contribution in [2.24, 2.45) is 0 Å². The molecule has 2 N–H and O–H groups in total. The molecule has 10 heteroatoms. The predicted molar refractivity (Wildman–Crippen MR) is 93.0 cm³/mol. The van der Waals surface area contributed by atoms with Gasteiger partial charge in [-0.25, -0.2) is 4.63 Å². The second-order valence-corrected chi connectivity index (χ2v) is 5.94. The normalized spacial score (nSPS) is 15.7. The second-order valence-electron chi connectivity index (χ2n) is 5.94. The van der Waals surface area contributed by atoms with E-state index in [1.54, 1.807) is 6.07 Å². The molecule has 25 heavy (non-hydrogen) atoms. The molecule has 3 rings (SSSR count). The van der Waals surface area contributed by atoms with Crippen LogP contribution in [0.15, 0.2) is 10.7 Å². The Labute approximate surface area is 144 Å². The number of hydrogen-bond donors (Lipinski definition) is 2. The number of likely N-dealkylation sites (N-methyl/N-ethyl adjacent to an activating group) is 1. The Hall–Kier alpha value is -2.46. The van der Waals surface area contributed by atoms with E-state index in [-0.39, 0.29) is 17.8 Å². The van der Waals surface area contributed by atoms with E-state index in [0.717, 1.165) is 38.4 Å². The summed E-state index contributed by atoms with van der Waals surface area (Å²) in [5.41, 5.74) is 1.56. The molecule has 1 aromatic carbocycles. The number of piperazine rings is 1. The van der Waals surface area contributed by atoms with E-state index in [4.69, 9.17) is 9.74 Å². The van der Waals surface area contributed by atoms with Crippen LogP contribution in [0.4, 0.5) is 17.1 Å². The van der Waals surface area contributed by atoms with Gasteiger partial charge >= 0.3 is 5.69 Å². The molecule has 0 bridgehead atoms. The average Bonchev–Trinajstić information content (AvgIpc) is 3.10. The first-order valence-corrected chi connectivity index (χ1v) is 8.41. The molecule has 1 saturated heterocycles. The van der Waals surface area contributed by atoms with Crippen LogP contribution in [0.5, 0.6) is 0 Å². The summed E-state index contributed by atoms with van der Waals surface area (Å²) in [5, 5.41) is 31.2. The van der Waals surface area contributed by atoms with Gasteiger partial charge in [0.1, 0.15) is 5.69 Å². The van der Waals surface area contributed by atoms with Crippen LogP contribution >= 0.6 is 0 Å². The minimum absolute atomic E-state index is 0.0143. The number of nitro groups is 1. The van der Waals surface area contributed by atoms with Crippen LogP contribution in [0, 0.1) is 10.1 Å². The lowest BCUT2D eigenvalue weighted by Gasteiger charge is -2.35. The van der Waals surface area contributed by atoms with E-state index in [2.05, 4.69) is 32.4 Å². The number of aliphatic hydroxyl groups excluding tert-OH is 1. The summed E-state index contributed by atoms with van der Waals surface area (Å²) in [6.45, 7) is 7.04. The van der Waals surface area contributed by atoms with Crippen molar-refractivity contribution < 1.29 is 14.7 Å². The zero-order chi connectivity index (χ0) is 17.8. The van der Waals surface area contributed by atoms with Crippen molar-refractivity contribution in [1.29, 1.82) is 0 Å². The molecule has 10 nitrogen and oxygen atoms in total. The first-order chi connectivity index (χ1) is 12.2. The molecule has 2 aromatic rings. The molecule has 0 radical (unpaired) electrons. The number of aromatic nitrogens is 2. The molecule has 1 aliphatic heterocycles. The van der Waals surface area contributed by atoms with Crippen molar-refractivity contribution in [3.63, 3.8) is 0 Å². The monoisotopic (exact) mass is 350 g/mol. The van der Waals surface area contributed by atoms with E-state index in [0.29, 0.717) is 24.2 Å². The molecule has 1 aliphatic rings. The zero-order valence-electron chi connectivity index (χ0n) is 14.1. The number of benzene rings is 1. The van der Waals surface area contributed by atoms with Crippen molar-refractivity contribution in [3.05, 3.63) is 16.2 Å². The maximum atomic E-state index is 11.5. The van der Waals surface area contributed by atoms with Crippen LogP contribution in [0.1, 0.15) is 13.3 Å². The summed E-state index contributed by atoms with van der Waals surface area (Å²) < 4.78 is 4.80. The second kappa shape index (κ2) is 7.62. The molecule has 2 heterocycles. The van der Waals surface area contributed by atoms with Gasteiger partial charge in [0.2, 0.25) is 5.52 Å². The molecule has 136 valence electrons. The molecule has 0 aliphatic carbocycles. The Kier molecular flexibility index (Phi) is 5.29. The van der Waals surface area contributed by atoms with Gasteiger partial charge in [-0.15, -0.1) is 0 Å². The number of fused-ring (bicyclic) bond motifs is 1. The van der Waals surface area contributed by atoms with Gasteiger partial charge in [-0.3, -0.25) is 10.1 Å². The van der Waals surface area contributed by atoms with E-state index in [1.165, 1.54) is 0 Å². The van der Waals surface area contributed by atoms with Crippen molar-refractivity contribution >= 4 is 28.1 Å².